The maximum absolute atomic E-state index is 12.4. The first kappa shape index (κ1) is 15.9. The second kappa shape index (κ2) is 5.56. The fraction of sp³-hybridized carbons (Fsp3) is 0.625. The largest absolute Gasteiger partial charge is 0.444 e. The van der Waals surface area contributed by atoms with Crippen LogP contribution < -0.4 is 10.4 Å². The number of aromatic nitrogens is 1. The number of rotatable bonds is 2. The average Bonchev–Trinajstić information content (AvgIpc) is 3.25. The summed E-state index contributed by atoms with van der Waals surface area (Å²) in [6, 6.07) is 3.65. The van der Waals surface area contributed by atoms with Gasteiger partial charge in [0, 0.05) is 19.6 Å². The molecule has 7 nitrogen and oxygen atoms in total. The molecule has 2 heterocycles. The smallest absolute Gasteiger partial charge is 0.410 e. The van der Waals surface area contributed by atoms with Crippen molar-refractivity contribution in [2.75, 3.05) is 30.0 Å². The highest BCUT2D eigenvalue weighted by Crippen LogP contribution is 2.45. The molecule has 2 aliphatic rings. The van der Waals surface area contributed by atoms with Gasteiger partial charge in [-0.2, -0.15) is 0 Å². The van der Waals surface area contributed by atoms with E-state index in [0.717, 1.165) is 31.6 Å². The summed E-state index contributed by atoms with van der Waals surface area (Å²) in [5, 5.41) is 8.84. The van der Waals surface area contributed by atoms with Gasteiger partial charge in [-0.25, -0.2) is 9.78 Å². The molecular formula is C16H24N4O3. The lowest BCUT2D eigenvalue weighted by Gasteiger charge is -2.43. The van der Waals surface area contributed by atoms with Gasteiger partial charge in [-0.15, -0.1) is 0 Å². The number of pyridine rings is 1. The third-order valence-electron chi connectivity index (χ3n) is 4.32. The van der Waals surface area contributed by atoms with Gasteiger partial charge >= 0.3 is 6.09 Å². The summed E-state index contributed by atoms with van der Waals surface area (Å²) in [7, 11) is 0. The molecule has 0 atom stereocenters. The van der Waals surface area contributed by atoms with Crippen molar-refractivity contribution in [3.8, 4) is 0 Å². The van der Waals surface area contributed by atoms with E-state index >= 15 is 0 Å². The number of ether oxygens (including phenoxy) is 1. The first-order valence-corrected chi connectivity index (χ1v) is 7.95. The van der Waals surface area contributed by atoms with E-state index in [1.165, 1.54) is 0 Å². The molecule has 1 aromatic rings. The van der Waals surface area contributed by atoms with Crippen molar-refractivity contribution in [3.05, 3.63) is 18.3 Å². The SMILES string of the molecule is CC(C)(C)OC(=O)N1CCN(c2ccc(NO)nc2)CC12CC2. The molecule has 0 bridgehead atoms. The minimum absolute atomic E-state index is 0.103. The van der Waals surface area contributed by atoms with Crippen LogP contribution in [-0.4, -0.2) is 52.0 Å². The molecular weight excluding hydrogens is 296 g/mol. The van der Waals surface area contributed by atoms with Crippen LogP contribution >= 0.6 is 0 Å². The Kier molecular flexibility index (Phi) is 3.83. The van der Waals surface area contributed by atoms with E-state index in [9.17, 15) is 4.79 Å². The van der Waals surface area contributed by atoms with Gasteiger partial charge in [-0.1, -0.05) is 0 Å². The molecule has 1 saturated heterocycles. The molecule has 0 aromatic carbocycles. The van der Waals surface area contributed by atoms with E-state index in [1.54, 1.807) is 12.3 Å². The summed E-state index contributed by atoms with van der Waals surface area (Å²) in [5.41, 5.74) is 2.46. The number of nitrogens with zero attached hydrogens (tertiary/aromatic N) is 3. The highest BCUT2D eigenvalue weighted by atomic mass is 16.6. The minimum Gasteiger partial charge on any atom is -0.444 e. The van der Waals surface area contributed by atoms with Crippen LogP contribution in [0.15, 0.2) is 18.3 Å². The van der Waals surface area contributed by atoms with Crippen LogP contribution in [0.5, 0.6) is 0 Å². The monoisotopic (exact) mass is 320 g/mol. The number of nitrogens with one attached hydrogen (secondary N) is 1. The summed E-state index contributed by atoms with van der Waals surface area (Å²) < 4.78 is 5.54. The van der Waals surface area contributed by atoms with Crippen molar-refractivity contribution < 1.29 is 14.7 Å². The van der Waals surface area contributed by atoms with Crippen molar-refractivity contribution in [2.45, 2.75) is 44.8 Å². The summed E-state index contributed by atoms with van der Waals surface area (Å²) in [6.07, 6.45) is 3.53. The van der Waals surface area contributed by atoms with Crippen molar-refractivity contribution in [1.82, 2.24) is 9.88 Å². The van der Waals surface area contributed by atoms with E-state index in [2.05, 4.69) is 9.88 Å². The Hall–Kier alpha value is -2.02. The number of anilines is 2. The molecule has 0 radical (unpaired) electrons. The molecule has 1 spiro atoms. The second-order valence-corrected chi connectivity index (χ2v) is 7.29. The number of carbonyl (C=O) groups excluding carboxylic acids is 1. The lowest BCUT2D eigenvalue weighted by molar-refractivity contribution is 0.0106. The molecule has 7 heteroatoms. The standard InChI is InChI=1S/C16H24N4O3/c1-15(2,3)23-14(21)20-9-8-19(11-16(20)6-7-16)12-4-5-13(18-22)17-10-12/h4-5,10,22H,6-9,11H2,1-3H3,(H,17,18). The Morgan fingerprint density at radius 2 is 2.09 bits per heavy atom. The van der Waals surface area contributed by atoms with Crippen molar-refractivity contribution >= 4 is 17.6 Å². The van der Waals surface area contributed by atoms with Gasteiger partial charge in [0.05, 0.1) is 17.4 Å². The first-order valence-electron chi connectivity index (χ1n) is 7.95. The third kappa shape index (κ3) is 3.34. The molecule has 126 valence electrons. The van der Waals surface area contributed by atoms with Crippen LogP contribution in [0.1, 0.15) is 33.6 Å². The Bertz CT molecular complexity index is 578. The van der Waals surface area contributed by atoms with Gasteiger partial charge < -0.3 is 9.64 Å². The fourth-order valence-corrected chi connectivity index (χ4v) is 3.01. The third-order valence-corrected chi connectivity index (χ3v) is 4.32. The number of carbonyl (C=O) groups is 1. The summed E-state index contributed by atoms with van der Waals surface area (Å²) in [4.78, 5) is 20.7. The second-order valence-electron chi connectivity index (χ2n) is 7.29. The topological polar surface area (TPSA) is 77.9 Å². The van der Waals surface area contributed by atoms with Crippen LogP contribution in [0.3, 0.4) is 0 Å². The lowest BCUT2D eigenvalue weighted by Crippen LogP contribution is -2.58. The molecule has 2 N–H and O–H groups in total. The highest BCUT2D eigenvalue weighted by Gasteiger charge is 2.54. The molecule has 1 amide bonds. The lowest BCUT2D eigenvalue weighted by atomic mass is 10.1. The van der Waals surface area contributed by atoms with Crippen LogP contribution in [0.2, 0.25) is 0 Å². The summed E-state index contributed by atoms with van der Waals surface area (Å²) in [5.74, 6) is 0.419. The average molecular weight is 320 g/mol. The Labute approximate surface area is 136 Å². The predicted octanol–water partition coefficient (Wildman–Crippen LogP) is 2.47. The van der Waals surface area contributed by atoms with Crippen molar-refractivity contribution in [2.24, 2.45) is 0 Å². The van der Waals surface area contributed by atoms with E-state index in [1.807, 2.05) is 37.2 Å². The predicted molar refractivity (Wildman–Crippen MR) is 86.8 cm³/mol. The highest BCUT2D eigenvalue weighted by molar-refractivity contribution is 5.71. The zero-order valence-corrected chi connectivity index (χ0v) is 13.9. The van der Waals surface area contributed by atoms with Gasteiger partial charge in [0.2, 0.25) is 0 Å². The summed E-state index contributed by atoms with van der Waals surface area (Å²) >= 11 is 0. The van der Waals surface area contributed by atoms with Crippen LogP contribution in [0.25, 0.3) is 0 Å². The van der Waals surface area contributed by atoms with Crippen LogP contribution in [0, 0.1) is 0 Å². The molecule has 2 fully saturated rings. The molecule has 1 aliphatic heterocycles. The number of piperazine rings is 1. The van der Waals surface area contributed by atoms with E-state index in [4.69, 9.17) is 9.94 Å². The molecule has 0 unspecified atom stereocenters. The minimum atomic E-state index is -0.471. The van der Waals surface area contributed by atoms with Crippen LogP contribution in [0.4, 0.5) is 16.3 Å². The Morgan fingerprint density at radius 3 is 2.61 bits per heavy atom. The zero-order valence-electron chi connectivity index (χ0n) is 13.9. The van der Waals surface area contributed by atoms with E-state index < -0.39 is 5.60 Å². The maximum atomic E-state index is 12.4. The normalized spacial score (nSPS) is 19.7. The van der Waals surface area contributed by atoms with Crippen molar-refractivity contribution in [1.29, 1.82) is 0 Å². The number of amides is 1. The van der Waals surface area contributed by atoms with Crippen molar-refractivity contribution in [3.63, 3.8) is 0 Å². The van der Waals surface area contributed by atoms with Gasteiger partial charge in [-0.05, 0) is 45.7 Å². The van der Waals surface area contributed by atoms with Gasteiger partial charge in [0.25, 0.3) is 0 Å². The van der Waals surface area contributed by atoms with Gasteiger partial charge in [0.1, 0.15) is 11.4 Å². The maximum Gasteiger partial charge on any atom is 0.410 e. The molecule has 3 rings (SSSR count). The number of hydrogen-bond donors (Lipinski definition) is 2. The van der Waals surface area contributed by atoms with E-state index in [-0.39, 0.29) is 11.6 Å². The van der Waals surface area contributed by atoms with Crippen LogP contribution in [-0.2, 0) is 4.74 Å². The molecule has 1 aromatic heterocycles. The van der Waals surface area contributed by atoms with Gasteiger partial charge in [-0.3, -0.25) is 15.6 Å². The summed E-state index contributed by atoms with van der Waals surface area (Å²) in [6.45, 7) is 7.86. The Balaban J connectivity index is 1.69. The Morgan fingerprint density at radius 1 is 1.35 bits per heavy atom. The molecule has 23 heavy (non-hydrogen) atoms. The number of hydrogen-bond acceptors (Lipinski definition) is 6. The first-order chi connectivity index (χ1) is 10.8. The fourth-order valence-electron chi connectivity index (χ4n) is 3.01. The van der Waals surface area contributed by atoms with Gasteiger partial charge in [0.15, 0.2) is 0 Å². The van der Waals surface area contributed by atoms with E-state index in [0.29, 0.717) is 12.4 Å². The molecule has 1 saturated carbocycles. The zero-order chi connectivity index (χ0) is 16.7. The molecule has 1 aliphatic carbocycles. The quantitative estimate of drug-likeness (QED) is 0.815.